The molecule has 2 nitrogen and oxygen atoms in total. The summed E-state index contributed by atoms with van der Waals surface area (Å²) in [7, 11) is 0. The molecule has 2 rings (SSSR count). The average Bonchev–Trinajstić information content (AvgIpc) is 2.36. The van der Waals surface area contributed by atoms with Crippen molar-refractivity contribution in [2.45, 2.75) is 20.0 Å². The Morgan fingerprint density at radius 3 is 1.90 bits per heavy atom. The van der Waals surface area contributed by atoms with Crippen LogP contribution >= 0.6 is 0 Å². The standard InChI is InChI=1S/C15H12F3NO/c1-9-7-12(8-10(2)19-9)14(20)11-3-5-13(6-4-11)15(16,17)18/h3-8H,1-2H3. The van der Waals surface area contributed by atoms with E-state index in [1.807, 2.05) is 0 Å². The molecule has 0 aliphatic carbocycles. The maximum atomic E-state index is 12.5. The van der Waals surface area contributed by atoms with Gasteiger partial charge in [-0.3, -0.25) is 9.78 Å². The Morgan fingerprint density at radius 1 is 0.950 bits per heavy atom. The fourth-order valence-electron chi connectivity index (χ4n) is 1.94. The molecule has 2 aromatic rings. The van der Waals surface area contributed by atoms with Crippen LogP contribution in [0.5, 0.6) is 0 Å². The van der Waals surface area contributed by atoms with Gasteiger partial charge in [-0.05, 0) is 38.1 Å². The van der Waals surface area contributed by atoms with Crippen LogP contribution in [0.1, 0.15) is 32.9 Å². The highest BCUT2D eigenvalue weighted by molar-refractivity contribution is 6.09. The molecule has 0 spiro atoms. The lowest BCUT2D eigenvalue weighted by Gasteiger charge is -2.08. The number of hydrogen-bond acceptors (Lipinski definition) is 2. The first kappa shape index (κ1) is 14.2. The highest BCUT2D eigenvalue weighted by Gasteiger charge is 2.30. The Balaban J connectivity index is 2.34. The van der Waals surface area contributed by atoms with Crippen molar-refractivity contribution in [3.8, 4) is 0 Å². The van der Waals surface area contributed by atoms with Crippen molar-refractivity contribution in [3.63, 3.8) is 0 Å². The van der Waals surface area contributed by atoms with Gasteiger partial charge in [0.05, 0.1) is 5.56 Å². The van der Waals surface area contributed by atoms with Crippen molar-refractivity contribution in [2.24, 2.45) is 0 Å². The van der Waals surface area contributed by atoms with E-state index in [9.17, 15) is 18.0 Å². The van der Waals surface area contributed by atoms with E-state index in [2.05, 4.69) is 4.98 Å². The van der Waals surface area contributed by atoms with E-state index in [0.29, 0.717) is 17.0 Å². The second-order valence-corrected chi connectivity index (χ2v) is 4.54. The van der Waals surface area contributed by atoms with Gasteiger partial charge in [-0.15, -0.1) is 0 Å². The number of ketones is 1. The molecular weight excluding hydrogens is 267 g/mol. The summed E-state index contributed by atoms with van der Waals surface area (Å²) in [4.78, 5) is 16.4. The second kappa shape index (κ2) is 5.07. The Labute approximate surface area is 114 Å². The summed E-state index contributed by atoms with van der Waals surface area (Å²) in [5.41, 5.74) is 1.27. The van der Waals surface area contributed by atoms with Crippen molar-refractivity contribution >= 4 is 5.78 Å². The smallest absolute Gasteiger partial charge is 0.289 e. The van der Waals surface area contributed by atoms with Gasteiger partial charge in [-0.25, -0.2) is 0 Å². The van der Waals surface area contributed by atoms with Gasteiger partial charge >= 0.3 is 6.18 Å². The van der Waals surface area contributed by atoms with E-state index in [1.54, 1.807) is 26.0 Å². The quantitative estimate of drug-likeness (QED) is 0.779. The fourth-order valence-corrected chi connectivity index (χ4v) is 1.94. The fraction of sp³-hybridized carbons (Fsp3) is 0.200. The molecule has 1 aromatic heterocycles. The van der Waals surface area contributed by atoms with Crippen molar-refractivity contribution in [1.82, 2.24) is 4.98 Å². The van der Waals surface area contributed by atoms with Crippen molar-refractivity contribution in [1.29, 1.82) is 0 Å². The third-order valence-electron chi connectivity index (χ3n) is 2.82. The molecule has 104 valence electrons. The van der Waals surface area contributed by atoms with Gasteiger partial charge < -0.3 is 0 Å². The molecular formula is C15H12F3NO. The average molecular weight is 279 g/mol. The van der Waals surface area contributed by atoms with Gasteiger partial charge in [0.1, 0.15) is 0 Å². The Morgan fingerprint density at radius 2 is 1.45 bits per heavy atom. The minimum atomic E-state index is -4.40. The lowest BCUT2D eigenvalue weighted by molar-refractivity contribution is -0.137. The molecule has 0 unspecified atom stereocenters. The van der Waals surface area contributed by atoms with Crippen molar-refractivity contribution in [3.05, 3.63) is 64.5 Å². The number of carbonyl (C=O) groups is 1. The van der Waals surface area contributed by atoms with E-state index in [4.69, 9.17) is 0 Å². The summed E-state index contributed by atoms with van der Waals surface area (Å²) in [5.74, 6) is -0.313. The van der Waals surface area contributed by atoms with E-state index < -0.39 is 11.7 Å². The lowest BCUT2D eigenvalue weighted by atomic mass is 10.0. The number of aromatic nitrogens is 1. The molecule has 0 aliphatic rings. The van der Waals surface area contributed by atoms with Crippen LogP contribution in [0.4, 0.5) is 13.2 Å². The summed E-state index contributed by atoms with van der Waals surface area (Å²) in [6.45, 7) is 3.52. The molecule has 0 saturated heterocycles. The van der Waals surface area contributed by atoms with E-state index in [0.717, 1.165) is 12.1 Å². The van der Waals surface area contributed by atoms with Crippen molar-refractivity contribution in [2.75, 3.05) is 0 Å². The summed E-state index contributed by atoms with van der Waals surface area (Å²) >= 11 is 0. The predicted molar refractivity (Wildman–Crippen MR) is 68.6 cm³/mol. The van der Waals surface area contributed by atoms with Crippen LogP contribution in [0.15, 0.2) is 36.4 Å². The lowest BCUT2D eigenvalue weighted by Crippen LogP contribution is -2.07. The third-order valence-corrected chi connectivity index (χ3v) is 2.82. The zero-order chi connectivity index (χ0) is 14.9. The summed E-state index contributed by atoms with van der Waals surface area (Å²) in [5, 5.41) is 0. The first-order valence-corrected chi connectivity index (χ1v) is 5.94. The third kappa shape index (κ3) is 3.04. The van der Waals surface area contributed by atoms with Crippen molar-refractivity contribution < 1.29 is 18.0 Å². The van der Waals surface area contributed by atoms with Crippen LogP contribution in [0.2, 0.25) is 0 Å². The first-order chi connectivity index (χ1) is 9.27. The SMILES string of the molecule is Cc1cc(C(=O)c2ccc(C(F)(F)F)cc2)cc(C)n1. The van der Waals surface area contributed by atoms with E-state index in [1.165, 1.54) is 12.1 Å². The molecule has 0 N–H and O–H groups in total. The number of aryl methyl sites for hydroxylation is 2. The largest absolute Gasteiger partial charge is 0.416 e. The molecule has 1 aromatic carbocycles. The van der Waals surface area contributed by atoms with Gasteiger partial charge in [0.25, 0.3) is 0 Å². The van der Waals surface area contributed by atoms with Gasteiger partial charge in [0.15, 0.2) is 5.78 Å². The van der Waals surface area contributed by atoms with Crippen LogP contribution in [-0.2, 0) is 6.18 Å². The number of rotatable bonds is 2. The molecule has 0 atom stereocenters. The minimum absolute atomic E-state index is 0.225. The number of alkyl halides is 3. The highest BCUT2D eigenvalue weighted by Crippen LogP contribution is 2.29. The number of benzene rings is 1. The molecule has 0 radical (unpaired) electrons. The van der Waals surface area contributed by atoms with Crippen LogP contribution in [0, 0.1) is 13.8 Å². The second-order valence-electron chi connectivity index (χ2n) is 4.54. The summed E-state index contributed by atoms with van der Waals surface area (Å²) < 4.78 is 37.4. The number of pyridine rings is 1. The van der Waals surface area contributed by atoms with Crippen LogP contribution in [-0.4, -0.2) is 10.8 Å². The van der Waals surface area contributed by atoms with Crippen LogP contribution in [0.25, 0.3) is 0 Å². The van der Waals surface area contributed by atoms with Gasteiger partial charge in [0.2, 0.25) is 0 Å². The molecule has 20 heavy (non-hydrogen) atoms. The Hall–Kier alpha value is -2.17. The van der Waals surface area contributed by atoms with Crippen LogP contribution < -0.4 is 0 Å². The number of nitrogens with zero attached hydrogens (tertiary/aromatic N) is 1. The molecule has 0 fully saturated rings. The maximum Gasteiger partial charge on any atom is 0.416 e. The topological polar surface area (TPSA) is 30.0 Å². The molecule has 5 heteroatoms. The predicted octanol–water partition coefficient (Wildman–Crippen LogP) is 3.95. The van der Waals surface area contributed by atoms with E-state index in [-0.39, 0.29) is 11.3 Å². The Kier molecular flexibility index (Phi) is 3.61. The molecule has 0 aliphatic heterocycles. The minimum Gasteiger partial charge on any atom is -0.289 e. The zero-order valence-electron chi connectivity index (χ0n) is 11.0. The molecule has 0 amide bonds. The van der Waals surface area contributed by atoms with Gasteiger partial charge in [-0.2, -0.15) is 13.2 Å². The number of halogens is 3. The summed E-state index contributed by atoms with van der Waals surface area (Å²) in [6.07, 6.45) is -4.40. The highest BCUT2D eigenvalue weighted by atomic mass is 19.4. The number of carbonyl (C=O) groups excluding carboxylic acids is 1. The normalized spacial score (nSPS) is 11.4. The monoisotopic (exact) mass is 279 g/mol. The molecule has 0 bridgehead atoms. The molecule has 0 saturated carbocycles. The number of hydrogen-bond donors (Lipinski definition) is 0. The zero-order valence-corrected chi connectivity index (χ0v) is 11.0. The van der Waals surface area contributed by atoms with E-state index >= 15 is 0 Å². The Bertz CT molecular complexity index is 625. The summed E-state index contributed by atoms with van der Waals surface area (Å²) in [6, 6.07) is 7.44. The first-order valence-electron chi connectivity index (χ1n) is 5.94. The van der Waals surface area contributed by atoms with Crippen LogP contribution in [0.3, 0.4) is 0 Å². The van der Waals surface area contributed by atoms with Gasteiger partial charge in [0, 0.05) is 22.5 Å². The van der Waals surface area contributed by atoms with Gasteiger partial charge in [-0.1, -0.05) is 12.1 Å². The maximum absolute atomic E-state index is 12.5. The molecule has 1 heterocycles.